The van der Waals surface area contributed by atoms with Crippen molar-refractivity contribution in [1.82, 2.24) is 9.38 Å². The van der Waals surface area contributed by atoms with Gasteiger partial charge in [-0.15, -0.1) is 0 Å². The summed E-state index contributed by atoms with van der Waals surface area (Å²) in [6.07, 6.45) is 0. The molecular formula is C36H24N2O. The minimum Gasteiger partial charge on any atom is -0.454 e. The quantitative estimate of drug-likeness (QED) is 0.225. The van der Waals surface area contributed by atoms with Crippen LogP contribution in [0.1, 0.15) is 25.0 Å². The van der Waals surface area contributed by atoms with Crippen molar-refractivity contribution in [3.8, 4) is 22.3 Å². The second-order valence-electron chi connectivity index (χ2n) is 11.2. The molecule has 3 heteroatoms. The van der Waals surface area contributed by atoms with Gasteiger partial charge >= 0.3 is 0 Å². The highest BCUT2D eigenvalue weighted by atomic mass is 16.3. The van der Waals surface area contributed by atoms with Crippen LogP contribution in [0.4, 0.5) is 0 Å². The first-order chi connectivity index (χ1) is 19.1. The van der Waals surface area contributed by atoms with Crippen LogP contribution in [0.25, 0.3) is 71.8 Å². The van der Waals surface area contributed by atoms with E-state index in [0.29, 0.717) is 0 Å². The van der Waals surface area contributed by atoms with Gasteiger partial charge in [0.15, 0.2) is 5.58 Å². The van der Waals surface area contributed by atoms with Gasteiger partial charge in [0.05, 0.1) is 11.0 Å². The van der Waals surface area contributed by atoms with E-state index in [1.807, 2.05) is 0 Å². The van der Waals surface area contributed by atoms with Gasteiger partial charge in [0.2, 0.25) is 0 Å². The van der Waals surface area contributed by atoms with E-state index in [0.717, 1.165) is 49.5 Å². The van der Waals surface area contributed by atoms with Gasteiger partial charge < -0.3 is 4.42 Å². The Morgan fingerprint density at radius 2 is 1.41 bits per heavy atom. The van der Waals surface area contributed by atoms with E-state index < -0.39 is 0 Å². The van der Waals surface area contributed by atoms with Crippen LogP contribution in [-0.2, 0) is 5.41 Å². The van der Waals surface area contributed by atoms with Crippen LogP contribution >= 0.6 is 0 Å². The Morgan fingerprint density at radius 1 is 0.667 bits per heavy atom. The second kappa shape index (κ2) is 7.15. The molecule has 0 radical (unpaired) electrons. The molecule has 0 fully saturated rings. The average Bonchev–Trinajstić information content (AvgIpc) is 3.62. The Morgan fingerprint density at radius 3 is 2.33 bits per heavy atom. The van der Waals surface area contributed by atoms with Crippen LogP contribution < -0.4 is 0 Å². The zero-order valence-corrected chi connectivity index (χ0v) is 21.7. The summed E-state index contributed by atoms with van der Waals surface area (Å²) in [6.45, 7) is 4.67. The number of furan rings is 1. The summed E-state index contributed by atoms with van der Waals surface area (Å²) in [5, 5.41) is 3.29. The van der Waals surface area contributed by atoms with Crippen LogP contribution in [0.2, 0.25) is 0 Å². The van der Waals surface area contributed by atoms with Crippen LogP contribution in [0, 0.1) is 0 Å². The van der Waals surface area contributed by atoms with Crippen LogP contribution in [-0.4, -0.2) is 9.38 Å². The predicted octanol–water partition coefficient (Wildman–Crippen LogP) is 9.51. The lowest BCUT2D eigenvalue weighted by atomic mass is 9.82. The van der Waals surface area contributed by atoms with Crippen molar-refractivity contribution >= 4 is 49.5 Å². The van der Waals surface area contributed by atoms with E-state index in [9.17, 15) is 0 Å². The monoisotopic (exact) mass is 500 g/mol. The Bertz CT molecular complexity index is 2320. The highest BCUT2D eigenvalue weighted by Crippen LogP contribution is 2.52. The maximum absolute atomic E-state index is 6.62. The van der Waals surface area contributed by atoms with Crippen molar-refractivity contribution < 1.29 is 4.42 Å². The van der Waals surface area contributed by atoms with Gasteiger partial charge in [0.25, 0.3) is 0 Å². The smallest absolute Gasteiger partial charge is 0.160 e. The molecule has 0 unspecified atom stereocenters. The zero-order valence-electron chi connectivity index (χ0n) is 21.7. The molecule has 0 saturated carbocycles. The van der Waals surface area contributed by atoms with Crippen molar-refractivity contribution in [1.29, 1.82) is 0 Å². The van der Waals surface area contributed by atoms with Crippen LogP contribution in [0.15, 0.2) is 114 Å². The van der Waals surface area contributed by atoms with Gasteiger partial charge in [0, 0.05) is 21.6 Å². The number of fused-ring (bicyclic) bond motifs is 13. The number of pyridine rings is 1. The molecular weight excluding hydrogens is 476 g/mol. The lowest BCUT2D eigenvalue weighted by Crippen LogP contribution is -2.14. The summed E-state index contributed by atoms with van der Waals surface area (Å²) < 4.78 is 8.90. The summed E-state index contributed by atoms with van der Waals surface area (Å²) in [5.74, 6) is 0. The lowest BCUT2D eigenvalue weighted by molar-refractivity contribution is 0.660. The van der Waals surface area contributed by atoms with E-state index in [4.69, 9.17) is 9.40 Å². The van der Waals surface area contributed by atoms with Crippen molar-refractivity contribution in [3.63, 3.8) is 0 Å². The van der Waals surface area contributed by atoms with Gasteiger partial charge in [0.1, 0.15) is 16.7 Å². The number of rotatable bonds is 1. The molecule has 39 heavy (non-hydrogen) atoms. The molecule has 3 nitrogen and oxygen atoms in total. The maximum Gasteiger partial charge on any atom is 0.160 e. The summed E-state index contributed by atoms with van der Waals surface area (Å²) in [7, 11) is 0. The molecule has 1 aliphatic rings. The van der Waals surface area contributed by atoms with E-state index in [1.165, 1.54) is 33.4 Å². The van der Waals surface area contributed by atoms with Gasteiger partial charge in [-0.05, 0) is 57.6 Å². The lowest BCUT2D eigenvalue weighted by Gasteiger charge is -2.21. The first-order valence-corrected chi connectivity index (χ1v) is 13.5. The Hall–Kier alpha value is -4.89. The summed E-state index contributed by atoms with van der Waals surface area (Å²) in [5.41, 5.74) is 13.8. The predicted molar refractivity (Wildman–Crippen MR) is 160 cm³/mol. The third kappa shape index (κ3) is 2.60. The van der Waals surface area contributed by atoms with Crippen LogP contribution in [0.3, 0.4) is 0 Å². The standard InChI is InChI=1S/C36H24N2O/c1-36(2)27-14-6-5-12-25(27)32-22(13-9-15-28(32)36)21-18-19-31-26(20-21)33-34(39-31)23-10-3-4-11-24(23)35-37-29-16-7-8-17-30(29)38(33)35/h3-20H,1-2H3. The number of para-hydroxylation sites is 2. The van der Waals surface area contributed by atoms with E-state index in [2.05, 4.69) is 127 Å². The fourth-order valence-corrected chi connectivity index (χ4v) is 6.96. The summed E-state index contributed by atoms with van der Waals surface area (Å²) in [4.78, 5) is 5.07. The SMILES string of the molecule is CC1(C)c2ccccc2-c2c(-c3ccc4oc5c6ccccc6c6nc7ccccc7n6c5c4c3)cccc21. The fourth-order valence-electron chi connectivity index (χ4n) is 6.96. The molecule has 0 aliphatic heterocycles. The highest BCUT2D eigenvalue weighted by Gasteiger charge is 2.36. The first kappa shape index (κ1) is 21.1. The number of hydrogen-bond donors (Lipinski definition) is 0. The van der Waals surface area contributed by atoms with Crippen molar-refractivity contribution in [2.45, 2.75) is 19.3 Å². The molecule has 0 atom stereocenters. The summed E-state index contributed by atoms with van der Waals surface area (Å²) in [6, 6.07) is 39.1. The average molecular weight is 501 g/mol. The van der Waals surface area contributed by atoms with E-state index in [1.54, 1.807) is 0 Å². The molecule has 184 valence electrons. The molecule has 5 aromatic carbocycles. The normalized spacial score (nSPS) is 14.1. The Balaban J connectivity index is 1.42. The van der Waals surface area contributed by atoms with Gasteiger partial charge in [-0.25, -0.2) is 4.98 Å². The van der Waals surface area contributed by atoms with Crippen molar-refractivity contribution in [2.75, 3.05) is 0 Å². The molecule has 1 aliphatic carbocycles. The van der Waals surface area contributed by atoms with E-state index in [-0.39, 0.29) is 5.41 Å². The molecule has 8 aromatic rings. The molecule has 3 heterocycles. The molecule has 0 saturated heterocycles. The molecule has 0 spiro atoms. The van der Waals surface area contributed by atoms with Crippen molar-refractivity contribution in [2.24, 2.45) is 0 Å². The zero-order chi connectivity index (χ0) is 25.9. The number of imidazole rings is 1. The molecule has 0 amide bonds. The van der Waals surface area contributed by atoms with Crippen LogP contribution in [0.5, 0.6) is 0 Å². The number of nitrogens with zero attached hydrogens (tertiary/aromatic N) is 2. The molecule has 0 N–H and O–H groups in total. The number of aromatic nitrogens is 2. The first-order valence-electron chi connectivity index (χ1n) is 13.5. The largest absolute Gasteiger partial charge is 0.454 e. The van der Waals surface area contributed by atoms with Gasteiger partial charge in [-0.2, -0.15) is 0 Å². The van der Waals surface area contributed by atoms with Gasteiger partial charge in [-0.3, -0.25) is 4.40 Å². The molecule has 9 rings (SSSR count). The highest BCUT2D eigenvalue weighted by molar-refractivity contribution is 6.19. The third-order valence-electron chi connectivity index (χ3n) is 8.78. The minimum atomic E-state index is -0.0326. The summed E-state index contributed by atoms with van der Waals surface area (Å²) >= 11 is 0. The number of benzene rings is 5. The number of hydrogen-bond acceptors (Lipinski definition) is 2. The second-order valence-corrected chi connectivity index (χ2v) is 11.2. The Kier molecular flexibility index (Phi) is 3.86. The third-order valence-corrected chi connectivity index (χ3v) is 8.78. The molecule has 3 aromatic heterocycles. The fraction of sp³-hybridized carbons (Fsp3) is 0.0833. The van der Waals surface area contributed by atoms with E-state index >= 15 is 0 Å². The Labute approximate surface area is 224 Å². The minimum absolute atomic E-state index is 0.0326. The maximum atomic E-state index is 6.62. The van der Waals surface area contributed by atoms with Gasteiger partial charge in [-0.1, -0.05) is 98.8 Å². The van der Waals surface area contributed by atoms with Crippen molar-refractivity contribution in [3.05, 3.63) is 120 Å². The topological polar surface area (TPSA) is 30.4 Å². The molecule has 0 bridgehead atoms.